The highest BCUT2D eigenvalue weighted by Gasteiger charge is 2.16. The molecule has 8 heteroatoms. The molecule has 0 atom stereocenters. The summed E-state index contributed by atoms with van der Waals surface area (Å²) >= 11 is 0. The molecule has 3 N–H and O–H groups in total. The van der Waals surface area contributed by atoms with E-state index >= 15 is 0 Å². The van der Waals surface area contributed by atoms with Crippen LogP contribution in [0.25, 0.3) is 0 Å². The Balaban J connectivity index is 0.00000625. The Labute approximate surface area is 175 Å². The minimum absolute atomic E-state index is 0. The number of benzene rings is 1. The van der Waals surface area contributed by atoms with Crippen molar-refractivity contribution in [2.45, 2.75) is 56.9 Å². The van der Waals surface area contributed by atoms with Crippen LogP contribution in [-0.4, -0.2) is 39.3 Å². The highest BCUT2D eigenvalue weighted by Crippen LogP contribution is 2.14. The van der Waals surface area contributed by atoms with Gasteiger partial charge in [0.1, 0.15) is 0 Å². The van der Waals surface area contributed by atoms with Crippen molar-refractivity contribution in [1.82, 2.24) is 9.62 Å². The standard InChI is InChI=1S/C18H32N4O2S.HI/c1-4-5-6-7-8-9-14-20-18(19)21-15-16-10-12-17(13-11-16)25(23,24)22(2)3;/h10-13H,4-9,14-15H2,1-3H3,(H3,19,20,21);1H. The molecule has 1 aromatic carbocycles. The van der Waals surface area contributed by atoms with Gasteiger partial charge in [-0.25, -0.2) is 17.7 Å². The Bertz CT molecular complexity index is 631. The van der Waals surface area contributed by atoms with Gasteiger partial charge in [-0.05, 0) is 24.1 Å². The molecule has 0 aromatic heterocycles. The lowest BCUT2D eigenvalue weighted by Crippen LogP contribution is -2.32. The van der Waals surface area contributed by atoms with Gasteiger partial charge in [0.25, 0.3) is 0 Å². The molecule has 0 amide bonds. The molecule has 0 saturated carbocycles. The molecule has 0 saturated heterocycles. The van der Waals surface area contributed by atoms with E-state index in [1.807, 2.05) is 0 Å². The molecule has 1 rings (SSSR count). The van der Waals surface area contributed by atoms with E-state index in [-0.39, 0.29) is 28.9 Å². The molecule has 0 aliphatic rings. The first kappa shape index (κ1) is 25.1. The van der Waals surface area contributed by atoms with Crippen molar-refractivity contribution < 1.29 is 8.42 Å². The summed E-state index contributed by atoms with van der Waals surface area (Å²) in [5.41, 5.74) is 6.78. The van der Waals surface area contributed by atoms with Gasteiger partial charge in [0.2, 0.25) is 10.0 Å². The number of nitrogens with two attached hydrogens (primary N) is 1. The van der Waals surface area contributed by atoms with E-state index in [4.69, 9.17) is 5.73 Å². The van der Waals surface area contributed by atoms with E-state index < -0.39 is 10.0 Å². The smallest absolute Gasteiger partial charge is 0.242 e. The molecule has 26 heavy (non-hydrogen) atoms. The number of nitrogens with zero attached hydrogens (tertiary/aromatic N) is 2. The van der Waals surface area contributed by atoms with Gasteiger partial charge in [0.15, 0.2) is 5.96 Å². The van der Waals surface area contributed by atoms with Gasteiger partial charge < -0.3 is 11.1 Å². The normalized spacial score (nSPS) is 12.1. The lowest BCUT2D eigenvalue weighted by atomic mass is 10.1. The van der Waals surface area contributed by atoms with Crippen molar-refractivity contribution in [3.63, 3.8) is 0 Å². The molecule has 0 spiro atoms. The van der Waals surface area contributed by atoms with Gasteiger partial charge in [0.05, 0.1) is 11.4 Å². The number of hydrogen-bond donors (Lipinski definition) is 2. The van der Waals surface area contributed by atoms with Crippen LogP contribution >= 0.6 is 24.0 Å². The zero-order chi connectivity index (χ0) is 18.7. The van der Waals surface area contributed by atoms with Gasteiger partial charge in [-0.2, -0.15) is 0 Å². The van der Waals surface area contributed by atoms with Crippen LogP contribution in [0.1, 0.15) is 51.0 Å². The summed E-state index contributed by atoms with van der Waals surface area (Å²) in [5.74, 6) is 0.429. The number of hydrogen-bond acceptors (Lipinski definition) is 3. The molecule has 6 nitrogen and oxygen atoms in total. The summed E-state index contributed by atoms with van der Waals surface area (Å²) in [6, 6.07) is 6.72. The molecule has 0 heterocycles. The second-order valence-corrected chi connectivity index (χ2v) is 8.48. The van der Waals surface area contributed by atoms with Gasteiger partial charge >= 0.3 is 0 Å². The van der Waals surface area contributed by atoms with Gasteiger partial charge in [-0.15, -0.1) is 24.0 Å². The first-order valence-electron chi connectivity index (χ1n) is 8.93. The average Bonchev–Trinajstić information content (AvgIpc) is 2.59. The van der Waals surface area contributed by atoms with Crippen LogP contribution in [0.2, 0.25) is 0 Å². The van der Waals surface area contributed by atoms with Crippen LogP contribution in [0, 0.1) is 0 Å². The third-order valence-corrected chi connectivity index (χ3v) is 5.80. The van der Waals surface area contributed by atoms with Crippen LogP contribution in [0.3, 0.4) is 0 Å². The topological polar surface area (TPSA) is 87.8 Å². The summed E-state index contributed by atoms with van der Waals surface area (Å²) in [7, 11) is -0.353. The number of rotatable bonds is 11. The third-order valence-electron chi connectivity index (χ3n) is 3.97. The molecular formula is C18H33IN4O2S. The van der Waals surface area contributed by atoms with Crippen LogP contribution in [0.5, 0.6) is 0 Å². The zero-order valence-electron chi connectivity index (χ0n) is 16.1. The van der Waals surface area contributed by atoms with Gasteiger partial charge in [0, 0.05) is 20.6 Å². The molecule has 0 aliphatic carbocycles. The van der Waals surface area contributed by atoms with E-state index in [2.05, 4.69) is 17.2 Å². The van der Waals surface area contributed by atoms with Crippen molar-refractivity contribution >= 4 is 40.0 Å². The van der Waals surface area contributed by atoms with Crippen molar-refractivity contribution in [3.05, 3.63) is 29.8 Å². The maximum atomic E-state index is 12.0. The van der Waals surface area contributed by atoms with Crippen LogP contribution in [0.4, 0.5) is 0 Å². The Morgan fingerprint density at radius 3 is 2.23 bits per heavy atom. The summed E-state index contributed by atoms with van der Waals surface area (Å²) in [5, 5.41) is 3.12. The van der Waals surface area contributed by atoms with Crippen molar-refractivity contribution in [2.75, 3.05) is 20.6 Å². The number of sulfonamides is 1. The quantitative estimate of drug-likeness (QED) is 0.213. The molecule has 150 valence electrons. The minimum atomic E-state index is -3.39. The molecule has 0 fully saturated rings. The predicted molar refractivity (Wildman–Crippen MR) is 119 cm³/mol. The fraction of sp³-hybridized carbons (Fsp3) is 0.611. The highest BCUT2D eigenvalue weighted by atomic mass is 127. The second-order valence-electron chi connectivity index (χ2n) is 6.33. The molecule has 0 aliphatic heterocycles. The number of guanidine groups is 1. The average molecular weight is 496 g/mol. The van der Waals surface area contributed by atoms with Crippen LogP contribution in [0.15, 0.2) is 34.2 Å². The van der Waals surface area contributed by atoms with E-state index in [1.165, 1.54) is 50.5 Å². The number of unbranched alkanes of at least 4 members (excludes halogenated alkanes) is 5. The minimum Gasteiger partial charge on any atom is -0.370 e. The van der Waals surface area contributed by atoms with Crippen molar-refractivity contribution in [2.24, 2.45) is 10.7 Å². The molecule has 0 radical (unpaired) electrons. The van der Waals surface area contributed by atoms with Crippen LogP contribution < -0.4 is 11.1 Å². The fourth-order valence-electron chi connectivity index (χ4n) is 2.33. The van der Waals surface area contributed by atoms with Gasteiger partial charge in [-0.1, -0.05) is 51.2 Å². The Kier molecular flexibility index (Phi) is 12.9. The maximum Gasteiger partial charge on any atom is 0.242 e. The summed E-state index contributed by atoms with van der Waals surface area (Å²) in [6.07, 6.45) is 7.46. The van der Waals surface area contributed by atoms with Crippen molar-refractivity contribution in [1.29, 1.82) is 0 Å². The van der Waals surface area contributed by atoms with E-state index in [9.17, 15) is 8.42 Å². The lowest BCUT2D eigenvalue weighted by Gasteiger charge is -2.11. The third kappa shape index (κ3) is 9.18. The Hall–Kier alpha value is -0.870. The predicted octanol–water partition coefficient (Wildman–Crippen LogP) is 3.32. The number of halogens is 1. The highest BCUT2D eigenvalue weighted by molar-refractivity contribution is 14.0. The monoisotopic (exact) mass is 496 g/mol. The number of aliphatic imine (C=N–C) groups is 1. The summed E-state index contributed by atoms with van der Waals surface area (Å²) in [6.45, 7) is 3.48. The largest absolute Gasteiger partial charge is 0.370 e. The van der Waals surface area contributed by atoms with E-state index in [0.717, 1.165) is 18.5 Å². The SMILES string of the molecule is CCCCCCCCNC(N)=NCc1ccc(S(=O)(=O)N(C)C)cc1.I. The summed E-state index contributed by atoms with van der Waals surface area (Å²) < 4.78 is 25.2. The first-order chi connectivity index (χ1) is 11.9. The number of nitrogens with one attached hydrogen (secondary N) is 1. The molecule has 1 aromatic rings. The maximum absolute atomic E-state index is 12.0. The molecule has 0 bridgehead atoms. The Morgan fingerprint density at radius 2 is 1.65 bits per heavy atom. The lowest BCUT2D eigenvalue weighted by molar-refractivity contribution is 0.520. The fourth-order valence-corrected chi connectivity index (χ4v) is 3.23. The first-order valence-corrected chi connectivity index (χ1v) is 10.4. The van der Waals surface area contributed by atoms with Crippen LogP contribution in [-0.2, 0) is 16.6 Å². The van der Waals surface area contributed by atoms with Crippen molar-refractivity contribution in [3.8, 4) is 0 Å². The molecular weight excluding hydrogens is 463 g/mol. The van der Waals surface area contributed by atoms with E-state index in [0.29, 0.717) is 12.5 Å². The Morgan fingerprint density at radius 1 is 1.08 bits per heavy atom. The summed E-state index contributed by atoms with van der Waals surface area (Å²) in [4.78, 5) is 4.57. The van der Waals surface area contributed by atoms with Gasteiger partial charge in [-0.3, -0.25) is 0 Å². The molecule has 0 unspecified atom stereocenters. The van der Waals surface area contributed by atoms with E-state index in [1.54, 1.807) is 24.3 Å². The zero-order valence-corrected chi connectivity index (χ0v) is 19.2. The second kappa shape index (κ2) is 13.3.